The third-order valence-corrected chi connectivity index (χ3v) is 8.20. The van der Waals surface area contributed by atoms with Gasteiger partial charge in [0.05, 0.1) is 26.4 Å². The van der Waals surface area contributed by atoms with Crippen LogP contribution in [0.3, 0.4) is 0 Å². The van der Waals surface area contributed by atoms with E-state index in [2.05, 4.69) is 0 Å². The van der Waals surface area contributed by atoms with Gasteiger partial charge in [0, 0.05) is 0 Å². The quantitative estimate of drug-likeness (QED) is 0.103. The fraction of sp³-hybridized carbons (Fsp3) is 1.00. The molecule has 0 unspecified atom stereocenters. The highest BCUT2D eigenvalue weighted by atomic mass is 16.8. The lowest BCUT2D eigenvalue weighted by atomic mass is 9.95. The number of hydrogen-bond acceptors (Lipinski definition) is 21. The molecule has 20 atom stereocenters. The number of rotatable bonds is 10. The van der Waals surface area contributed by atoms with Gasteiger partial charge >= 0.3 is 0 Å². The van der Waals surface area contributed by atoms with Gasteiger partial charge in [-0.1, -0.05) is 0 Å². The second-order valence-corrected chi connectivity index (χ2v) is 11.1. The molecule has 4 aliphatic heterocycles. The maximum Gasteiger partial charge on any atom is 0.187 e. The lowest BCUT2D eigenvalue weighted by molar-refractivity contribution is -0.388. The third-order valence-electron chi connectivity index (χ3n) is 8.20. The van der Waals surface area contributed by atoms with Crippen LogP contribution >= 0.6 is 0 Å². The van der Waals surface area contributed by atoms with Crippen molar-refractivity contribution in [1.29, 1.82) is 0 Å². The Bertz CT molecular complexity index is 912. The molecule has 0 aromatic carbocycles. The van der Waals surface area contributed by atoms with Gasteiger partial charge in [-0.2, -0.15) is 0 Å². The molecule has 4 saturated heterocycles. The lowest BCUT2D eigenvalue weighted by Gasteiger charge is -2.49. The van der Waals surface area contributed by atoms with Crippen molar-refractivity contribution in [2.24, 2.45) is 0 Å². The van der Waals surface area contributed by atoms with Crippen LogP contribution in [-0.4, -0.2) is 221 Å². The molecule has 21 heteroatoms. The Morgan fingerprint density at radius 1 is 0.333 bits per heavy atom. The first kappa shape index (κ1) is 37.0. The van der Waals surface area contributed by atoms with E-state index >= 15 is 0 Å². The van der Waals surface area contributed by atoms with Gasteiger partial charge in [-0.15, -0.1) is 0 Å². The van der Waals surface area contributed by atoms with Crippen LogP contribution in [0.5, 0.6) is 0 Å². The minimum absolute atomic E-state index is 0.806. The first-order chi connectivity index (χ1) is 21.3. The monoisotopic (exact) mass is 666 g/mol. The second kappa shape index (κ2) is 15.6. The summed E-state index contributed by atoms with van der Waals surface area (Å²) in [6.45, 7) is -3.41. The lowest BCUT2D eigenvalue weighted by Crippen LogP contribution is -2.67. The summed E-state index contributed by atoms with van der Waals surface area (Å²) >= 11 is 0. The molecule has 0 radical (unpaired) electrons. The van der Waals surface area contributed by atoms with Crippen LogP contribution in [0.1, 0.15) is 0 Å². The molecule has 4 fully saturated rings. The van der Waals surface area contributed by atoms with Gasteiger partial charge in [0.2, 0.25) is 0 Å². The Hall–Kier alpha value is -0.840. The molecule has 0 saturated carbocycles. The Morgan fingerprint density at radius 3 is 1.22 bits per heavy atom. The summed E-state index contributed by atoms with van der Waals surface area (Å²) < 4.78 is 37.7. The molecule has 4 heterocycles. The van der Waals surface area contributed by atoms with Gasteiger partial charge in [-0.05, 0) is 0 Å². The molecule has 0 bridgehead atoms. The van der Waals surface area contributed by atoms with Crippen LogP contribution in [0.15, 0.2) is 0 Å². The zero-order valence-corrected chi connectivity index (χ0v) is 23.5. The maximum atomic E-state index is 11.0. The molecule has 4 rings (SSSR count). The van der Waals surface area contributed by atoms with Crippen molar-refractivity contribution in [2.75, 3.05) is 26.4 Å². The summed E-state index contributed by atoms with van der Waals surface area (Å²) in [6, 6.07) is 0. The molecule has 4 aliphatic rings. The number of aliphatic hydroxyl groups is 14. The predicted molar refractivity (Wildman–Crippen MR) is 134 cm³/mol. The van der Waals surface area contributed by atoms with E-state index in [9.17, 15) is 71.5 Å². The third kappa shape index (κ3) is 7.44. The molecular formula is C24H42O21. The maximum absolute atomic E-state index is 11.0. The molecule has 45 heavy (non-hydrogen) atoms. The minimum Gasteiger partial charge on any atom is -0.394 e. The standard InChI is InChI=1S/C24H42O21/c25-1-5-9(29)11(31)15(35)22(40-5)45-20-10(30)6(2-26)41-24(17(20)37)44-19-8(4-28)42-23(16(36)13(19)33)43-18-7(3-27)39-21(38)14(34)12(18)32/h5-38H,1-4H2/t5-,6-,7-,8-,9-,10-,11+,12-,13-,14+,15-,16-,17-,18-,19-,20+,21-,22+,23+,24+/m1/s1. The highest BCUT2D eigenvalue weighted by Crippen LogP contribution is 2.34. The van der Waals surface area contributed by atoms with Crippen LogP contribution in [-0.2, 0) is 33.2 Å². The second-order valence-electron chi connectivity index (χ2n) is 11.1. The van der Waals surface area contributed by atoms with E-state index in [1.54, 1.807) is 0 Å². The average molecular weight is 667 g/mol. The number of hydrogen-bond donors (Lipinski definition) is 14. The summed E-state index contributed by atoms with van der Waals surface area (Å²) in [4.78, 5) is 0. The molecule has 0 amide bonds. The van der Waals surface area contributed by atoms with E-state index in [1.807, 2.05) is 0 Å². The number of ether oxygens (including phenoxy) is 7. The Morgan fingerprint density at radius 2 is 0.711 bits per heavy atom. The largest absolute Gasteiger partial charge is 0.394 e. The van der Waals surface area contributed by atoms with E-state index in [1.165, 1.54) is 0 Å². The molecule has 21 nitrogen and oxygen atoms in total. The molecule has 264 valence electrons. The van der Waals surface area contributed by atoms with E-state index in [0.717, 1.165) is 0 Å². The van der Waals surface area contributed by atoms with Gasteiger partial charge in [0.25, 0.3) is 0 Å². The van der Waals surface area contributed by atoms with Crippen molar-refractivity contribution in [1.82, 2.24) is 0 Å². The smallest absolute Gasteiger partial charge is 0.187 e. The molecular weight excluding hydrogens is 624 g/mol. The van der Waals surface area contributed by atoms with Crippen LogP contribution in [0.4, 0.5) is 0 Å². The average Bonchev–Trinajstić information content (AvgIpc) is 3.03. The molecule has 0 aromatic heterocycles. The first-order valence-electron chi connectivity index (χ1n) is 14.1. The topological polar surface area (TPSA) is 348 Å². The van der Waals surface area contributed by atoms with E-state index in [0.29, 0.717) is 0 Å². The summed E-state index contributed by atoms with van der Waals surface area (Å²) in [6.07, 6.45) is -35.6. The van der Waals surface area contributed by atoms with Crippen molar-refractivity contribution in [3.8, 4) is 0 Å². The van der Waals surface area contributed by atoms with Gasteiger partial charge < -0.3 is 105 Å². The van der Waals surface area contributed by atoms with Crippen molar-refractivity contribution in [3.63, 3.8) is 0 Å². The van der Waals surface area contributed by atoms with E-state index in [4.69, 9.17) is 33.2 Å². The normalized spacial score (nSPS) is 52.9. The first-order valence-corrected chi connectivity index (χ1v) is 14.1. The zero-order valence-electron chi connectivity index (χ0n) is 23.5. The van der Waals surface area contributed by atoms with Crippen molar-refractivity contribution >= 4 is 0 Å². The SMILES string of the molecule is OC[C@H]1O[C@@H](O[C@@H]2[C@@H](O)[C@H](O[C@H]3[C@H](O)[C@@H](O)[C@H](O[C@H]4[C@H](O)[C@H](O)[C@H](O)O[C@@H]4CO)O[C@@H]3CO)O[C@H](CO)[C@H]2O)[C@H](O)[C@@H](O)[C@@H]1O. The fourth-order valence-electron chi connectivity index (χ4n) is 5.54. The van der Waals surface area contributed by atoms with Gasteiger partial charge in [-0.3, -0.25) is 0 Å². The summed E-state index contributed by atoms with van der Waals surface area (Å²) in [5, 5.41) is 142. The van der Waals surface area contributed by atoms with Crippen LogP contribution < -0.4 is 0 Å². The number of aliphatic hydroxyl groups excluding tert-OH is 14. The van der Waals surface area contributed by atoms with E-state index in [-0.39, 0.29) is 0 Å². The molecule has 14 N–H and O–H groups in total. The highest BCUT2D eigenvalue weighted by molar-refractivity contribution is 4.97. The van der Waals surface area contributed by atoms with Gasteiger partial charge in [0.15, 0.2) is 25.2 Å². The molecule has 0 aromatic rings. The predicted octanol–water partition coefficient (Wildman–Crippen LogP) is -9.75. The van der Waals surface area contributed by atoms with E-state index < -0.39 is 149 Å². The van der Waals surface area contributed by atoms with Gasteiger partial charge in [0.1, 0.15) is 97.7 Å². The summed E-state index contributed by atoms with van der Waals surface area (Å²) in [7, 11) is 0. The van der Waals surface area contributed by atoms with Crippen LogP contribution in [0, 0.1) is 0 Å². The Kier molecular flexibility index (Phi) is 12.8. The molecule has 0 spiro atoms. The summed E-state index contributed by atoms with van der Waals surface area (Å²) in [5.74, 6) is 0. The molecule has 0 aliphatic carbocycles. The highest BCUT2D eigenvalue weighted by Gasteiger charge is 2.55. The Balaban J connectivity index is 1.48. The van der Waals surface area contributed by atoms with Crippen LogP contribution in [0.2, 0.25) is 0 Å². The van der Waals surface area contributed by atoms with Crippen LogP contribution in [0.25, 0.3) is 0 Å². The van der Waals surface area contributed by atoms with Gasteiger partial charge in [-0.25, -0.2) is 0 Å². The van der Waals surface area contributed by atoms with Crippen molar-refractivity contribution in [3.05, 3.63) is 0 Å². The summed E-state index contributed by atoms with van der Waals surface area (Å²) in [5.41, 5.74) is 0. The van der Waals surface area contributed by atoms with Crippen molar-refractivity contribution < 1.29 is 105 Å². The fourth-order valence-corrected chi connectivity index (χ4v) is 5.54. The Labute approximate surface area is 254 Å². The van der Waals surface area contributed by atoms with Crippen molar-refractivity contribution in [2.45, 2.75) is 123 Å². The minimum atomic E-state index is -2.02. The zero-order chi connectivity index (χ0) is 33.3.